The normalized spacial score (nSPS) is 12.9. The highest BCUT2D eigenvalue weighted by atomic mass is 19.3. The van der Waals surface area contributed by atoms with Gasteiger partial charge in [-0.15, -0.1) is 0 Å². The predicted octanol–water partition coefficient (Wildman–Crippen LogP) is 1.91. The molecule has 2 aromatic rings. The van der Waals surface area contributed by atoms with Crippen LogP contribution in [0.15, 0.2) is 24.5 Å². The van der Waals surface area contributed by atoms with Crippen LogP contribution in [0.5, 0.6) is 17.2 Å². The van der Waals surface area contributed by atoms with Gasteiger partial charge in [0.05, 0.1) is 18.9 Å². The summed E-state index contributed by atoms with van der Waals surface area (Å²) < 4.78 is 41.4. The van der Waals surface area contributed by atoms with Gasteiger partial charge in [0.1, 0.15) is 23.2 Å². The zero-order valence-corrected chi connectivity index (χ0v) is 18.8. The summed E-state index contributed by atoms with van der Waals surface area (Å²) in [5.41, 5.74) is 10.8. The largest absolute Gasteiger partial charge is 0.496 e. The topological polar surface area (TPSA) is 155 Å². The number of nitrogen functional groups attached to an aromatic ring is 1. The van der Waals surface area contributed by atoms with Gasteiger partial charge < -0.3 is 36.1 Å². The standard InChI is InChI=1S/C21H27F2N5O5/c1-10(21(2,3)30)32-15-9-27-18(28-17(15)25)12(8-24)11-6-13(31-5)16(19(29)26-4)14(7-11)33-20(22)23/h6-10,20,30H,24H2,1-5H3,(H,26,29)(H2,25,27,28)/b12-8-. The molecule has 0 aliphatic carbocycles. The van der Waals surface area contributed by atoms with E-state index in [9.17, 15) is 18.7 Å². The molecule has 2 rings (SSSR count). The monoisotopic (exact) mass is 467 g/mol. The summed E-state index contributed by atoms with van der Waals surface area (Å²) in [4.78, 5) is 20.6. The Hall–Kier alpha value is -3.67. The van der Waals surface area contributed by atoms with Crippen molar-refractivity contribution in [2.24, 2.45) is 5.73 Å². The summed E-state index contributed by atoms with van der Waals surface area (Å²) in [6, 6.07) is 2.60. The molecule has 1 aromatic carbocycles. The molecule has 1 aromatic heterocycles. The first-order chi connectivity index (χ1) is 15.4. The maximum atomic E-state index is 13.0. The number of benzene rings is 1. The molecular formula is C21H27F2N5O5. The number of aliphatic hydroxyl groups is 1. The maximum absolute atomic E-state index is 13.0. The van der Waals surface area contributed by atoms with E-state index < -0.39 is 30.0 Å². The molecule has 0 saturated carbocycles. The van der Waals surface area contributed by atoms with Crippen molar-refractivity contribution < 1.29 is 32.9 Å². The smallest absolute Gasteiger partial charge is 0.387 e. The summed E-state index contributed by atoms with van der Waals surface area (Å²) in [6.07, 6.45) is 1.83. The molecule has 0 fully saturated rings. The van der Waals surface area contributed by atoms with E-state index in [0.717, 1.165) is 6.20 Å². The third-order valence-corrected chi connectivity index (χ3v) is 4.76. The van der Waals surface area contributed by atoms with Crippen LogP contribution < -0.4 is 31.0 Å². The second-order valence-electron chi connectivity index (χ2n) is 7.45. The van der Waals surface area contributed by atoms with Crippen molar-refractivity contribution >= 4 is 17.3 Å². The van der Waals surface area contributed by atoms with Crippen LogP contribution in [-0.4, -0.2) is 53.5 Å². The predicted molar refractivity (Wildman–Crippen MR) is 117 cm³/mol. The van der Waals surface area contributed by atoms with Crippen molar-refractivity contribution in [3.05, 3.63) is 41.5 Å². The molecule has 0 spiro atoms. The lowest BCUT2D eigenvalue weighted by Gasteiger charge is -2.26. The third kappa shape index (κ3) is 5.98. The fourth-order valence-electron chi connectivity index (χ4n) is 2.68. The number of alkyl halides is 2. The zero-order valence-electron chi connectivity index (χ0n) is 18.8. The molecule has 0 bridgehead atoms. The number of rotatable bonds is 9. The van der Waals surface area contributed by atoms with Crippen LogP contribution in [0, 0.1) is 0 Å². The van der Waals surface area contributed by atoms with Crippen molar-refractivity contribution in [1.29, 1.82) is 0 Å². The van der Waals surface area contributed by atoms with Crippen molar-refractivity contribution in [2.75, 3.05) is 19.9 Å². The number of aromatic nitrogens is 2. The van der Waals surface area contributed by atoms with Gasteiger partial charge in [0.2, 0.25) is 0 Å². The Morgan fingerprint density at radius 1 is 1.24 bits per heavy atom. The first-order valence-electron chi connectivity index (χ1n) is 9.76. The Morgan fingerprint density at radius 2 is 1.88 bits per heavy atom. The number of nitrogens with zero attached hydrogens (tertiary/aromatic N) is 2. The van der Waals surface area contributed by atoms with Crippen molar-refractivity contribution in [1.82, 2.24) is 15.3 Å². The van der Waals surface area contributed by atoms with Crippen LogP contribution in [0.25, 0.3) is 5.57 Å². The lowest BCUT2D eigenvalue weighted by molar-refractivity contribution is -0.0502. The van der Waals surface area contributed by atoms with Crippen LogP contribution >= 0.6 is 0 Å². The Balaban J connectivity index is 2.54. The van der Waals surface area contributed by atoms with E-state index in [0.29, 0.717) is 0 Å². The second-order valence-corrected chi connectivity index (χ2v) is 7.45. The first kappa shape index (κ1) is 25.6. The number of carbonyl (C=O) groups excluding carboxylic acids is 1. The van der Waals surface area contributed by atoms with Gasteiger partial charge in [0, 0.05) is 18.8 Å². The molecule has 1 amide bonds. The quantitative estimate of drug-likeness (QED) is 0.433. The molecule has 1 heterocycles. The lowest BCUT2D eigenvalue weighted by Crippen LogP contribution is -2.38. The number of hydrogen-bond donors (Lipinski definition) is 4. The molecule has 6 N–H and O–H groups in total. The van der Waals surface area contributed by atoms with Crippen molar-refractivity contribution in [2.45, 2.75) is 39.1 Å². The molecule has 1 unspecified atom stereocenters. The number of carbonyl (C=O) groups is 1. The maximum Gasteiger partial charge on any atom is 0.387 e. The Morgan fingerprint density at radius 3 is 2.36 bits per heavy atom. The Labute approximate surface area is 189 Å². The zero-order chi connectivity index (χ0) is 24.9. The summed E-state index contributed by atoms with van der Waals surface area (Å²) >= 11 is 0. The summed E-state index contributed by atoms with van der Waals surface area (Å²) in [5, 5.41) is 12.4. The Bertz CT molecular complexity index is 1040. The van der Waals surface area contributed by atoms with Crippen molar-refractivity contribution in [3.63, 3.8) is 0 Å². The minimum absolute atomic E-state index is 0.0335. The number of methoxy groups -OCH3 is 1. The lowest BCUT2D eigenvalue weighted by atomic mass is 10.0. The van der Waals surface area contributed by atoms with Crippen molar-refractivity contribution in [3.8, 4) is 17.2 Å². The van der Waals surface area contributed by atoms with Gasteiger partial charge in [0.15, 0.2) is 17.4 Å². The summed E-state index contributed by atoms with van der Waals surface area (Å²) in [7, 11) is 2.61. The van der Waals surface area contributed by atoms with Gasteiger partial charge >= 0.3 is 6.61 Å². The third-order valence-electron chi connectivity index (χ3n) is 4.76. The van der Waals surface area contributed by atoms with Gasteiger partial charge in [-0.05, 0) is 38.5 Å². The molecule has 10 nitrogen and oxygen atoms in total. The van der Waals surface area contributed by atoms with Gasteiger partial charge in [-0.1, -0.05) is 0 Å². The number of ether oxygens (including phenoxy) is 3. The van der Waals surface area contributed by atoms with Gasteiger partial charge in [-0.2, -0.15) is 8.78 Å². The molecule has 180 valence electrons. The van der Waals surface area contributed by atoms with Gasteiger partial charge in [0.25, 0.3) is 5.91 Å². The van der Waals surface area contributed by atoms with Gasteiger partial charge in [-0.3, -0.25) is 4.79 Å². The van der Waals surface area contributed by atoms with Crippen LogP contribution in [0.4, 0.5) is 14.6 Å². The fourth-order valence-corrected chi connectivity index (χ4v) is 2.68. The highest BCUT2D eigenvalue weighted by Gasteiger charge is 2.26. The number of anilines is 1. The van der Waals surface area contributed by atoms with E-state index in [4.69, 9.17) is 20.9 Å². The van der Waals surface area contributed by atoms with Crippen LogP contribution in [0.2, 0.25) is 0 Å². The molecular weight excluding hydrogens is 440 g/mol. The first-order valence-corrected chi connectivity index (χ1v) is 9.76. The molecule has 33 heavy (non-hydrogen) atoms. The number of nitrogens with two attached hydrogens (primary N) is 2. The average molecular weight is 467 g/mol. The average Bonchev–Trinajstić information content (AvgIpc) is 2.74. The Kier molecular flexibility index (Phi) is 7.99. The second kappa shape index (κ2) is 10.3. The number of nitrogens with one attached hydrogen (secondary N) is 1. The van der Waals surface area contributed by atoms with E-state index in [1.54, 1.807) is 20.8 Å². The molecule has 1 atom stereocenters. The van der Waals surface area contributed by atoms with Crippen LogP contribution in [-0.2, 0) is 0 Å². The van der Waals surface area contributed by atoms with E-state index in [1.165, 1.54) is 32.5 Å². The number of halogens is 2. The van der Waals surface area contributed by atoms with Crippen LogP contribution in [0.3, 0.4) is 0 Å². The SMILES string of the molecule is CNC(=O)c1c(OC)cc(/C(=C/N)c2ncc(OC(C)C(C)(C)O)c(N)n2)cc1OC(F)F. The van der Waals surface area contributed by atoms with Gasteiger partial charge in [-0.25, -0.2) is 9.97 Å². The van der Waals surface area contributed by atoms with E-state index in [-0.39, 0.29) is 39.8 Å². The molecule has 0 saturated heterocycles. The number of hydrogen-bond acceptors (Lipinski definition) is 9. The summed E-state index contributed by atoms with van der Waals surface area (Å²) in [6.45, 7) is 1.61. The van der Waals surface area contributed by atoms with Crippen LogP contribution in [0.1, 0.15) is 42.5 Å². The van der Waals surface area contributed by atoms with E-state index in [1.807, 2.05) is 0 Å². The highest BCUT2D eigenvalue weighted by molar-refractivity contribution is 6.00. The minimum atomic E-state index is -3.19. The minimum Gasteiger partial charge on any atom is -0.496 e. The van der Waals surface area contributed by atoms with E-state index in [2.05, 4.69) is 20.0 Å². The molecule has 12 heteroatoms. The number of amides is 1. The van der Waals surface area contributed by atoms with E-state index >= 15 is 0 Å². The molecule has 0 aliphatic heterocycles. The molecule has 0 aliphatic rings. The summed E-state index contributed by atoms with van der Waals surface area (Å²) in [5.74, 6) is -0.988. The molecule has 0 radical (unpaired) electrons. The highest BCUT2D eigenvalue weighted by Crippen LogP contribution is 2.36. The fraction of sp³-hybridized carbons (Fsp3) is 0.381.